The minimum Gasteiger partial charge on any atom is -0.369 e. The van der Waals surface area contributed by atoms with E-state index in [1.807, 2.05) is 31.2 Å². The zero-order chi connectivity index (χ0) is 24.2. The van der Waals surface area contributed by atoms with Crippen molar-refractivity contribution >= 4 is 23.1 Å². The summed E-state index contributed by atoms with van der Waals surface area (Å²) in [7, 11) is 0. The Morgan fingerprint density at radius 1 is 0.971 bits per heavy atom. The van der Waals surface area contributed by atoms with Gasteiger partial charge in [0.1, 0.15) is 11.6 Å². The molecule has 0 spiro atoms. The molecular weight excluding hydrogens is 447 g/mol. The quantitative estimate of drug-likeness (QED) is 0.519. The van der Waals surface area contributed by atoms with E-state index in [0.717, 1.165) is 88.1 Å². The number of carbonyl (C=O) groups excluding carboxylic acids is 1. The van der Waals surface area contributed by atoms with E-state index < -0.39 is 0 Å². The van der Waals surface area contributed by atoms with Crippen molar-refractivity contribution < 1.29 is 9.18 Å². The molecule has 1 N–H and O–H groups in total. The molecule has 2 saturated heterocycles. The first-order valence-corrected chi connectivity index (χ1v) is 12.5. The molecule has 4 heterocycles. The number of fused-ring (bicyclic) bond motifs is 1. The molecule has 2 aliphatic rings. The third-order valence-electron chi connectivity index (χ3n) is 7.11. The van der Waals surface area contributed by atoms with Crippen LogP contribution in [0, 0.1) is 18.7 Å². The van der Waals surface area contributed by atoms with Gasteiger partial charge in [-0.1, -0.05) is 0 Å². The molecule has 1 amide bonds. The maximum absolute atomic E-state index is 13.1. The topological polar surface area (TPSA) is 81.9 Å². The van der Waals surface area contributed by atoms with Crippen LogP contribution in [0.15, 0.2) is 36.4 Å². The minimum absolute atomic E-state index is 0.0610. The van der Waals surface area contributed by atoms with Gasteiger partial charge in [0, 0.05) is 57.4 Å². The maximum atomic E-state index is 13.1. The van der Waals surface area contributed by atoms with Crippen molar-refractivity contribution in [2.24, 2.45) is 5.92 Å². The van der Waals surface area contributed by atoms with Crippen LogP contribution in [0.2, 0.25) is 0 Å². The molecule has 3 aromatic rings. The molecule has 1 aromatic carbocycles. The van der Waals surface area contributed by atoms with E-state index in [1.54, 1.807) is 4.52 Å². The van der Waals surface area contributed by atoms with Crippen molar-refractivity contribution in [3.05, 3.63) is 48.0 Å². The number of nitrogens with one attached hydrogen (secondary N) is 1. The third-order valence-corrected chi connectivity index (χ3v) is 7.11. The number of amides is 1. The number of aromatic nitrogens is 4. The number of carbonyl (C=O) groups is 1. The lowest BCUT2D eigenvalue weighted by Gasteiger charge is -2.36. The van der Waals surface area contributed by atoms with E-state index >= 15 is 0 Å². The van der Waals surface area contributed by atoms with Crippen LogP contribution in [0.25, 0.3) is 5.65 Å². The molecule has 0 aliphatic carbocycles. The van der Waals surface area contributed by atoms with Gasteiger partial charge < -0.3 is 15.1 Å². The molecule has 0 atom stereocenters. The Hall–Kier alpha value is -3.27. The van der Waals surface area contributed by atoms with Gasteiger partial charge in [0.05, 0.1) is 0 Å². The standard InChI is InChI=1S/C25H33FN8O/c1-19-28-29-23-7-8-24(30-34(19)23)33-13-9-20(10-14-33)25(35)27-11-2-12-31-15-17-32(18-16-31)22-5-3-21(26)4-6-22/h3-8,20H,2,9-18H2,1H3,(H,27,35). The van der Waals surface area contributed by atoms with Gasteiger partial charge in [-0.2, -0.15) is 4.52 Å². The fourth-order valence-corrected chi connectivity index (χ4v) is 4.97. The number of aryl methyl sites for hydroxylation is 1. The first-order chi connectivity index (χ1) is 17.1. The maximum Gasteiger partial charge on any atom is 0.223 e. The normalized spacial score (nSPS) is 17.8. The predicted octanol–water partition coefficient (Wildman–Crippen LogP) is 2.12. The molecule has 2 fully saturated rings. The van der Waals surface area contributed by atoms with Gasteiger partial charge >= 0.3 is 0 Å². The second kappa shape index (κ2) is 10.6. The Labute approximate surface area is 204 Å². The Kier molecular flexibility index (Phi) is 7.08. The van der Waals surface area contributed by atoms with Gasteiger partial charge in [-0.15, -0.1) is 15.3 Å². The largest absolute Gasteiger partial charge is 0.369 e. The second-order valence-corrected chi connectivity index (χ2v) is 9.42. The second-order valence-electron chi connectivity index (χ2n) is 9.42. The number of piperazine rings is 1. The fourth-order valence-electron chi connectivity index (χ4n) is 4.97. The van der Waals surface area contributed by atoms with Crippen LogP contribution in [0.1, 0.15) is 25.1 Å². The summed E-state index contributed by atoms with van der Waals surface area (Å²) in [5, 5.41) is 16.0. The summed E-state index contributed by atoms with van der Waals surface area (Å²) in [4.78, 5) is 19.7. The number of rotatable bonds is 7. The van der Waals surface area contributed by atoms with E-state index in [9.17, 15) is 9.18 Å². The van der Waals surface area contributed by atoms with Gasteiger partial charge in [0.2, 0.25) is 5.91 Å². The number of anilines is 2. The third kappa shape index (κ3) is 5.53. The van der Waals surface area contributed by atoms with Gasteiger partial charge in [0.15, 0.2) is 11.5 Å². The Bertz CT molecular complexity index is 1130. The monoisotopic (exact) mass is 480 g/mol. The van der Waals surface area contributed by atoms with Gasteiger partial charge in [-0.3, -0.25) is 9.69 Å². The van der Waals surface area contributed by atoms with Crippen molar-refractivity contribution in [1.82, 2.24) is 30.0 Å². The molecule has 2 aromatic heterocycles. The highest BCUT2D eigenvalue weighted by molar-refractivity contribution is 5.78. The highest BCUT2D eigenvalue weighted by Crippen LogP contribution is 2.22. The Morgan fingerprint density at radius 3 is 2.46 bits per heavy atom. The van der Waals surface area contributed by atoms with E-state index in [0.29, 0.717) is 6.54 Å². The molecule has 5 rings (SSSR count). The highest BCUT2D eigenvalue weighted by Gasteiger charge is 2.26. The van der Waals surface area contributed by atoms with E-state index in [4.69, 9.17) is 0 Å². The Balaban J connectivity index is 0.993. The summed E-state index contributed by atoms with van der Waals surface area (Å²) in [5.74, 6) is 1.71. The number of hydrogen-bond acceptors (Lipinski definition) is 7. The molecule has 10 heteroatoms. The summed E-state index contributed by atoms with van der Waals surface area (Å²) < 4.78 is 14.9. The van der Waals surface area contributed by atoms with Gasteiger partial charge in [0.25, 0.3) is 0 Å². The molecule has 0 saturated carbocycles. The van der Waals surface area contributed by atoms with Crippen LogP contribution >= 0.6 is 0 Å². The smallest absolute Gasteiger partial charge is 0.223 e. The van der Waals surface area contributed by atoms with Crippen LogP contribution in [0.5, 0.6) is 0 Å². The number of nitrogens with zero attached hydrogens (tertiary/aromatic N) is 7. The van der Waals surface area contributed by atoms with E-state index in [2.05, 4.69) is 35.3 Å². The van der Waals surface area contributed by atoms with Crippen LogP contribution in [0.4, 0.5) is 15.9 Å². The van der Waals surface area contributed by atoms with Crippen molar-refractivity contribution in [3.63, 3.8) is 0 Å². The fraction of sp³-hybridized carbons (Fsp3) is 0.520. The molecule has 0 unspecified atom stereocenters. The van der Waals surface area contributed by atoms with Crippen molar-refractivity contribution in [2.45, 2.75) is 26.2 Å². The number of hydrogen-bond donors (Lipinski definition) is 1. The van der Waals surface area contributed by atoms with E-state index in [-0.39, 0.29) is 17.6 Å². The lowest BCUT2D eigenvalue weighted by molar-refractivity contribution is -0.125. The number of halogens is 1. The molecule has 9 nitrogen and oxygen atoms in total. The molecule has 2 aliphatic heterocycles. The predicted molar refractivity (Wildman–Crippen MR) is 133 cm³/mol. The summed E-state index contributed by atoms with van der Waals surface area (Å²) in [6.45, 7) is 9.06. The zero-order valence-corrected chi connectivity index (χ0v) is 20.2. The molecule has 0 radical (unpaired) electrons. The van der Waals surface area contributed by atoms with Gasteiger partial charge in [-0.25, -0.2) is 4.39 Å². The lowest BCUT2D eigenvalue weighted by atomic mass is 9.96. The van der Waals surface area contributed by atoms with E-state index in [1.165, 1.54) is 12.1 Å². The molecule has 0 bridgehead atoms. The molecular formula is C25H33FN8O. The first kappa shape index (κ1) is 23.5. The summed E-state index contributed by atoms with van der Waals surface area (Å²) in [6, 6.07) is 10.6. The minimum atomic E-state index is -0.197. The summed E-state index contributed by atoms with van der Waals surface area (Å²) in [6.07, 6.45) is 2.61. The van der Waals surface area contributed by atoms with Crippen LogP contribution in [0.3, 0.4) is 0 Å². The molecule has 35 heavy (non-hydrogen) atoms. The van der Waals surface area contributed by atoms with Crippen molar-refractivity contribution in [3.8, 4) is 0 Å². The zero-order valence-electron chi connectivity index (χ0n) is 20.2. The van der Waals surface area contributed by atoms with Crippen molar-refractivity contribution in [1.29, 1.82) is 0 Å². The SMILES string of the molecule is Cc1nnc2ccc(N3CCC(C(=O)NCCCN4CCN(c5ccc(F)cc5)CC4)CC3)nn12. The number of benzene rings is 1. The van der Waals surface area contributed by atoms with Crippen LogP contribution < -0.4 is 15.1 Å². The van der Waals surface area contributed by atoms with Crippen molar-refractivity contribution in [2.75, 3.05) is 62.2 Å². The summed E-state index contributed by atoms with van der Waals surface area (Å²) >= 11 is 0. The van der Waals surface area contributed by atoms with Crippen LogP contribution in [-0.2, 0) is 4.79 Å². The Morgan fingerprint density at radius 2 is 1.71 bits per heavy atom. The van der Waals surface area contributed by atoms with Gasteiger partial charge in [-0.05, 0) is 69.1 Å². The number of piperidine rings is 1. The highest BCUT2D eigenvalue weighted by atomic mass is 19.1. The molecule has 186 valence electrons. The average molecular weight is 481 g/mol. The first-order valence-electron chi connectivity index (χ1n) is 12.5. The van der Waals surface area contributed by atoms with Crippen LogP contribution in [-0.4, -0.2) is 83.0 Å². The summed E-state index contributed by atoms with van der Waals surface area (Å²) in [5.41, 5.74) is 1.82. The average Bonchev–Trinajstić information content (AvgIpc) is 3.27. The lowest BCUT2D eigenvalue weighted by Crippen LogP contribution is -2.47.